The summed E-state index contributed by atoms with van der Waals surface area (Å²) in [5.41, 5.74) is 9.93. The predicted octanol–water partition coefficient (Wildman–Crippen LogP) is 2.87. The normalized spacial score (nSPS) is 12.6. The number of nitrogens with two attached hydrogens (primary N) is 1. The molecule has 1 aromatic heterocycles. The van der Waals surface area contributed by atoms with Gasteiger partial charge >= 0.3 is 0 Å². The maximum atomic E-state index is 6.18. The van der Waals surface area contributed by atoms with Crippen molar-refractivity contribution in [1.29, 1.82) is 0 Å². The molecule has 0 saturated carbocycles. The van der Waals surface area contributed by atoms with Crippen LogP contribution in [-0.2, 0) is 12.8 Å². The van der Waals surface area contributed by atoms with Crippen molar-refractivity contribution in [2.24, 2.45) is 5.73 Å². The van der Waals surface area contributed by atoms with Crippen LogP contribution in [0.4, 0.5) is 0 Å². The van der Waals surface area contributed by atoms with Gasteiger partial charge in [-0.25, -0.2) is 4.98 Å². The molecule has 0 saturated heterocycles. The highest BCUT2D eigenvalue weighted by Gasteiger charge is 2.09. The molecule has 1 unspecified atom stereocenters. The third-order valence-corrected chi connectivity index (χ3v) is 3.84. The monoisotopic (exact) mass is 246 g/mol. The third-order valence-electron chi connectivity index (χ3n) is 2.85. The lowest BCUT2D eigenvalue weighted by atomic mass is 10.0. The molecule has 0 spiro atoms. The lowest BCUT2D eigenvalue weighted by Crippen LogP contribution is -2.25. The van der Waals surface area contributed by atoms with Crippen LogP contribution in [-0.4, -0.2) is 11.0 Å². The zero-order chi connectivity index (χ0) is 12.3. The van der Waals surface area contributed by atoms with E-state index in [1.54, 1.807) is 11.3 Å². The molecule has 90 valence electrons. The van der Waals surface area contributed by atoms with Gasteiger partial charge in [-0.2, -0.15) is 0 Å². The molecular weight excluding hydrogens is 228 g/mol. The van der Waals surface area contributed by atoms with E-state index in [0.717, 1.165) is 23.5 Å². The van der Waals surface area contributed by atoms with Crippen molar-refractivity contribution in [1.82, 2.24) is 4.98 Å². The molecule has 17 heavy (non-hydrogen) atoms. The first-order valence-electron chi connectivity index (χ1n) is 5.86. The summed E-state index contributed by atoms with van der Waals surface area (Å²) in [5.74, 6) is 0. The van der Waals surface area contributed by atoms with Gasteiger partial charge in [0, 0.05) is 23.5 Å². The van der Waals surface area contributed by atoms with Gasteiger partial charge in [0.05, 0.1) is 5.01 Å². The minimum absolute atomic E-state index is 0.154. The Hall–Kier alpha value is -1.19. The number of aryl methyl sites for hydroxylation is 2. The Morgan fingerprint density at radius 1 is 1.24 bits per heavy atom. The minimum atomic E-state index is 0.154. The summed E-state index contributed by atoms with van der Waals surface area (Å²) in [4.78, 5) is 4.45. The van der Waals surface area contributed by atoms with Gasteiger partial charge in [0.15, 0.2) is 0 Å². The number of aromatic nitrogens is 1. The van der Waals surface area contributed by atoms with Crippen molar-refractivity contribution in [2.45, 2.75) is 32.7 Å². The molecule has 2 rings (SSSR count). The first kappa shape index (κ1) is 12.3. The van der Waals surface area contributed by atoms with Gasteiger partial charge < -0.3 is 5.73 Å². The molecule has 1 heterocycles. The average Bonchev–Trinajstić information content (AvgIpc) is 2.67. The van der Waals surface area contributed by atoms with E-state index in [1.807, 2.05) is 6.92 Å². The van der Waals surface area contributed by atoms with Gasteiger partial charge in [-0.1, -0.05) is 24.3 Å². The highest BCUT2D eigenvalue weighted by molar-refractivity contribution is 7.09. The molecule has 2 N–H and O–H groups in total. The highest BCUT2D eigenvalue weighted by Crippen LogP contribution is 2.14. The Kier molecular flexibility index (Phi) is 3.92. The smallest absolute Gasteiger partial charge is 0.0943 e. The molecule has 2 aromatic rings. The van der Waals surface area contributed by atoms with E-state index in [1.165, 1.54) is 11.1 Å². The standard InChI is InChI=1S/C14H18N2S/c1-10-5-3-4-6-12(10)7-13(15)8-14-16-11(2)9-17-14/h3-6,9,13H,7-8,15H2,1-2H3. The zero-order valence-electron chi connectivity index (χ0n) is 10.3. The SMILES string of the molecule is Cc1csc(CC(N)Cc2ccccc2C)n1. The summed E-state index contributed by atoms with van der Waals surface area (Å²) < 4.78 is 0. The second-order valence-corrected chi connectivity index (χ2v) is 5.42. The van der Waals surface area contributed by atoms with Crippen LogP contribution in [0.3, 0.4) is 0 Å². The van der Waals surface area contributed by atoms with E-state index in [9.17, 15) is 0 Å². The van der Waals surface area contributed by atoms with Crippen LogP contribution in [0.25, 0.3) is 0 Å². The van der Waals surface area contributed by atoms with E-state index in [2.05, 4.69) is 41.6 Å². The van der Waals surface area contributed by atoms with Crippen LogP contribution in [0.1, 0.15) is 21.8 Å². The maximum Gasteiger partial charge on any atom is 0.0943 e. The Morgan fingerprint density at radius 2 is 2.00 bits per heavy atom. The molecule has 0 fully saturated rings. The van der Waals surface area contributed by atoms with Crippen molar-refractivity contribution in [3.05, 3.63) is 51.5 Å². The van der Waals surface area contributed by atoms with Gasteiger partial charge in [0.1, 0.15) is 0 Å². The zero-order valence-corrected chi connectivity index (χ0v) is 11.1. The number of hydrogen-bond acceptors (Lipinski definition) is 3. The largest absolute Gasteiger partial charge is 0.327 e. The van der Waals surface area contributed by atoms with Crippen LogP contribution in [0, 0.1) is 13.8 Å². The fourth-order valence-electron chi connectivity index (χ4n) is 1.91. The summed E-state index contributed by atoms with van der Waals surface area (Å²) in [6, 6.07) is 8.58. The van der Waals surface area contributed by atoms with Gasteiger partial charge in [-0.05, 0) is 31.4 Å². The van der Waals surface area contributed by atoms with Crippen molar-refractivity contribution >= 4 is 11.3 Å². The lowest BCUT2D eigenvalue weighted by Gasteiger charge is -2.11. The summed E-state index contributed by atoms with van der Waals surface area (Å²) >= 11 is 1.70. The third kappa shape index (κ3) is 3.38. The number of thiazole rings is 1. The van der Waals surface area contributed by atoms with Crippen LogP contribution in [0.5, 0.6) is 0 Å². The molecular formula is C14H18N2S. The molecule has 0 aliphatic rings. The fraction of sp³-hybridized carbons (Fsp3) is 0.357. The van der Waals surface area contributed by atoms with E-state index in [-0.39, 0.29) is 6.04 Å². The number of hydrogen-bond donors (Lipinski definition) is 1. The summed E-state index contributed by atoms with van der Waals surface area (Å²) in [6.07, 6.45) is 1.79. The molecule has 0 amide bonds. The first-order valence-corrected chi connectivity index (χ1v) is 6.74. The van der Waals surface area contributed by atoms with Gasteiger partial charge in [-0.15, -0.1) is 11.3 Å². The molecule has 3 heteroatoms. The van der Waals surface area contributed by atoms with Crippen LogP contribution in [0.2, 0.25) is 0 Å². The van der Waals surface area contributed by atoms with E-state index in [4.69, 9.17) is 5.73 Å². The Balaban J connectivity index is 1.98. The Bertz CT molecular complexity index is 490. The second kappa shape index (κ2) is 5.43. The van der Waals surface area contributed by atoms with E-state index >= 15 is 0 Å². The summed E-state index contributed by atoms with van der Waals surface area (Å²) in [5, 5.41) is 3.22. The topological polar surface area (TPSA) is 38.9 Å². The molecule has 1 atom stereocenters. The molecule has 0 radical (unpaired) electrons. The maximum absolute atomic E-state index is 6.18. The fourth-order valence-corrected chi connectivity index (χ4v) is 2.78. The molecule has 0 aliphatic carbocycles. The quantitative estimate of drug-likeness (QED) is 0.901. The van der Waals surface area contributed by atoms with Crippen molar-refractivity contribution in [2.75, 3.05) is 0 Å². The van der Waals surface area contributed by atoms with E-state index < -0.39 is 0 Å². The molecule has 0 aliphatic heterocycles. The molecule has 1 aromatic carbocycles. The van der Waals surface area contributed by atoms with Crippen molar-refractivity contribution in [3.63, 3.8) is 0 Å². The summed E-state index contributed by atoms with van der Waals surface area (Å²) in [6.45, 7) is 4.16. The lowest BCUT2D eigenvalue weighted by molar-refractivity contribution is 0.659. The van der Waals surface area contributed by atoms with Gasteiger partial charge in [0.25, 0.3) is 0 Å². The first-order chi connectivity index (χ1) is 8.15. The second-order valence-electron chi connectivity index (χ2n) is 4.48. The van der Waals surface area contributed by atoms with Crippen LogP contribution >= 0.6 is 11.3 Å². The van der Waals surface area contributed by atoms with Gasteiger partial charge in [-0.3, -0.25) is 0 Å². The predicted molar refractivity (Wildman–Crippen MR) is 73.4 cm³/mol. The molecule has 0 bridgehead atoms. The van der Waals surface area contributed by atoms with Gasteiger partial charge in [0.2, 0.25) is 0 Å². The minimum Gasteiger partial charge on any atom is -0.327 e. The Labute approximate surface area is 107 Å². The van der Waals surface area contributed by atoms with E-state index in [0.29, 0.717) is 0 Å². The van der Waals surface area contributed by atoms with Crippen LogP contribution in [0.15, 0.2) is 29.6 Å². The Morgan fingerprint density at radius 3 is 2.65 bits per heavy atom. The number of nitrogens with zero attached hydrogens (tertiary/aromatic N) is 1. The molecule has 2 nitrogen and oxygen atoms in total. The van der Waals surface area contributed by atoms with Crippen molar-refractivity contribution < 1.29 is 0 Å². The van der Waals surface area contributed by atoms with Crippen LogP contribution < -0.4 is 5.73 Å². The average molecular weight is 246 g/mol. The number of rotatable bonds is 4. The summed E-state index contributed by atoms with van der Waals surface area (Å²) in [7, 11) is 0. The number of benzene rings is 1. The van der Waals surface area contributed by atoms with Crippen molar-refractivity contribution in [3.8, 4) is 0 Å². The highest BCUT2D eigenvalue weighted by atomic mass is 32.1.